The van der Waals surface area contributed by atoms with E-state index in [2.05, 4.69) is 10.6 Å². The van der Waals surface area contributed by atoms with Crippen LogP contribution in [0.3, 0.4) is 0 Å². The highest BCUT2D eigenvalue weighted by atomic mass is 19.4. The fourth-order valence-electron chi connectivity index (χ4n) is 2.76. The van der Waals surface area contributed by atoms with Gasteiger partial charge in [0, 0.05) is 30.9 Å². The van der Waals surface area contributed by atoms with Gasteiger partial charge in [-0.2, -0.15) is 13.2 Å². The molecule has 0 spiro atoms. The average Bonchev–Trinajstić information content (AvgIpc) is 2.47. The second kappa shape index (κ2) is 5.31. The van der Waals surface area contributed by atoms with Crippen molar-refractivity contribution in [2.75, 3.05) is 26.3 Å². The summed E-state index contributed by atoms with van der Waals surface area (Å²) >= 11 is 0. The van der Waals surface area contributed by atoms with Crippen LogP contribution in [0, 0.1) is 0 Å². The topological polar surface area (TPSA) is 70.7 Å². The van der Waals surface area contributed by atoms with Crippen LogP contribution in [-0.2, 0) is 14.3 Å². The molecule has 3 aliphatic rings. The molecular formula is C13H14F3N3O3. The molecule has 3 rings (SSSR count). The molecule has 2 fully saturated rings. The minimum absolute atomic E-state index is 0.0403. The predicted octanol–water partition coefficient (Wildman–Crippen LogP) is 0.0372. The normalized spacial score (nSPS) is 26.2. The first-order valence-corrected chi connectivity index (χ1v) is 6.83. The number of ether oxygens (including phenoxy) is 1. The van der Waals surface area contributed by atoms with E-state index in [0.29, 0.717) is 32.0 Å². The summed E-state index contributed by atoms with van der Waals surface area (Å²) in [4.78, 5) is 24.3. The highest BCUT2D eigenvalue weighted by Crippen LogP contribution is 2.38. The van der Waals surface area contributed by atoms with Crippen LogP contribution in [0.15, 0.2) is 23.0 Å². The van der Waals surface area contributed by atoms with Gasteiger partial charge in [-0.3, -0.25) is 9.59 Å². The van der Waals surface area contributed by atoms with Crippen LogP contribution in [0.2, 0.25) is 0 Å². The molecule has 2 aliphatic heterocycles. The van der Waals surface area contributed by atoms with E-state index < -0.39 is 36.0 Å². The molecule has 9 heteroatoms. The van der Waals surface area contributed by atoms with Gasteiger partial charge in [0.2, 0.25) is 0 Å². The molecule has 2 amide bonds. The van der Waals surface area contributed by atoms with Crippen molar-refractivity contribution in [2.24, 2.45) is 0 Å². The molecule has 1 aliphatic carbocycles. The minimum Gasteiger partial charge on any atom is -0.378 e. The Morgan fingerprint density at radius 3 is 2.50 bits per heavy atom. The maximum absolute atomic E-state index is 13.3. The van der Waals surface area contributed by atoms with Gasteiger partial charge in [-0.1, -0.05) is 0 Å². The third kappa shape index (κ3) is 2.68. The number of nitrogens with zero attached hydrogens (tertiary/aromatic N) is 1. The number of carbonyl (C=O) groups is 2. The predicted molar refractivity (Wildman–Crippen MR) is 68.2 cm³/mol. The fraction of sp³-hybridized carbons (Fsp3) is 0.538. The van der Waals surface area contributed by atoms with Crippen LogP contribution in [-0.4, -0.2) is 55.2 Å². The van der Waals surface area contributed by atoms with Crippen LogP contribution < -0.4 is 10.6 Å². The van der Waals surface area contributed by atoms with Crippen molar-refractivity contribution in [2.45, 2.75) is 18.6 Å². The summed E-state index contributed by atoms with van der Waals surface area (Å²) in [5.41, 5.74) is -0.364. The molecule has 0 bridgehead atoms. The summed E-state index contributed by atoms with van der Waals surface area (Å²) < 4.78 is 45.2. The highest BCUT2D eigenvalue weighted by Gasteiger charge is 2.43. The molecule has 0 aromatic carbocycles. The van der Waals surface area contributed by atoms with Crippen molar-refractivity contribution in [3.8, 4) is 0 Å². The summed E-state index contributed by atoms with van der Waals surface area (Å²) in [6.45, 7) is 1.40. The molecule has 22 heavy (non-hydrogen) atoms. The molecule has 2 N–H and O–H groups in total. The smallest absolute Gasteiger partial charge is 0.378 e. The quantitative estimate of drug-likeness (QED) is 0.670. The zero-order valence-electron chi connectivity index (χ0n) is 11.5. The van der Waals surface area contributed by atoms with Gasteiger partial charge in [0.25, 0.3) is 0 Å². The summed E-state index contributed by atoms with van der Waals surface area (Å²) in [6, 6.07) is -0.855. The number of allylic oxidation sites excluding steroid dienone is 1. The number of hydrogen-bond acceptors (Lipinski definition) is 4. The van der Waals surface area contributed by atoms with Crippen molar-refractivity contribution >= 4 is 11.8 Å². The number of halogens is 3. The Morgan fingerprint density at radius 2 is 1.86 bits per heavy atom. The van der Waals surface area contributed by atoms with Gasteiger partial charge in [-0.05, 0) is 6.08 Å². The van der Waals surface area contributed by atoms with Crippen molar-refractivity contribution in [3.63, 3.8) is 0 Å². The van der Waals surface area contributed by atoms with E-state index in [1.807, 2.05) is 0 Å². The number of morpholine rings is 1. The average molecular weight is 317 g/mol. The van der Waals surface area contributed by atoms with Crippen LogP contribution in [0.25, 0.3) is 0 Å². The van der Waals surface area contributed by atoms with Gasteiger partial charge < -0.3 is 20.3 Å². The maximum Gasteiger partial charge on any atom is 0.414 e. The Hall–Kier alpha value is -2.03. The lowest BCUT2D eigenvalue weighted by Crippen LogP contribution is -2.56. The Morgan fingerprint density at radius 1 is 1.18 bits per heavy atom. The van der Waals surface area contributed by atoms with Crippen LogP contribution in [0.1, 0.15) is 6.42 Å². The van der Waals surface area contributed by atoms with E-state index in [4.69, 9.17) is 4.74 Å². The fourth-order valence-corrected chi connectivity index (χ4v) is 2.76. The zero-order chi connectivity index (χ0) is 15.9. The summed E-state index contributed by atoms with van der Waals surface area (Å²) in [6.07, 6.45) is -3.59. The molecule has 2 heterocycles. The van der Waals surface area contributed by atoms with Crippen molar-refractivity contribution in [1.82, 2.24) is 15.5 Å². The van der Waals surface area contributed by atoms with Crippen LogP contribution in [0.5, 0.6) is 0 Å². The molecule has 1 atom stereocenters. The molecule has 0 saturated carbocycles. The monoisotopic (exact) mass is 317 g/mol. The first kappa shape index (κ1) is 14.9. The number of rotatable bonds is 1. The van der Waals surface area contributed by atoms with Gasteiger partial charge in [-0.15, -0.1) is 0 Å². The van der Waals surface area contributed by atoms with Crippen molar-refractivity contribution in [3.05, 3.63) is 23.0 Å². The number of carbonyl (C=O) groups excluding carboxylic acids is 2. The summed E-state index contributed by atoms with van der Waals surface area (Å²) in [5, 5.41) is 4.66. The molecule has 6 nitrogen and oxygen atoms in total. The molecule has 0 aromatic heterocycles. The summed E-state index contributed by atoms with van der Waals surface area (Å²) in [5.74, 6) is -1.78. The molecular weight excluding hydrogens is 303 g/mol. The van der Waals surface area contributed by atoms with E-state index in [9.17, 15) is 22.8 Å². The third-order valence-corrected chi connectivity index (χ3v) is 3.85. The van der Waals surface area contributed by atoms with Crippen molar-refractivity contribution < 1.29 is 27.5 Å². The van der Waals surface area contributed by atoms with Gasteiger partial charge in [0.1, 0.15) is 0 Å². The number of alkyl halides is 3. The van der Waals surface area contributed by atoms with Crippen LogP contribution in [0.4, 0.5) is 13.2 Å². The molecule has 1 unspecified atom stereocenters. The summed E-state index contributed by atoms with van der Waals surface area (Å²) in [7, 11) is 0. The second-order valence-corrected chi connectivity index (χ2v) is 5.24. The van der Waals surface area contributed by atoms with Gasteiger partial charge in [0.05, 0.1) is 24.8 Å². The lowest BCUT2D eigenvalue weighted by molar-refractivity contribution is -0.140. The SMILES string of the molecule is O=C1NC2=CC(N3CCOCC3)=C(C(F)(F)F)CC2NC1=O. The highest BCUT2D eigenvalue weighted by molar-refractivity contribution is 6.36. The van der Waals surface area contributed by atoms with E-state index >= 15 is 0 Å². The molecule has 2 saturated heterocycles. The number of fused-ring (bicyclic) bond motifs is 1. The largest absolute Gasteiger partial charge is 0.414 e. The van der Waals surface area contributed by atoms with Gasteiger partial charge >= 0.3 is 18.0 Å². The van der Waals surface area contributed by atoms with E-state index in [-0.39, 0.29) is 5.70 Å². The number of hydrogen-bond donors (Lipinski definition) is 2. The standard InChI is InChI=1S/C13H14F3N3O3/c14-13(15,16)7-5-8-9(18-12(21)11(20)17-8)6-10(7)19-1-3-22-4-2-19/h6,8H,1-5H2,(H,17,20)(H,18,21). The van der Waals surface area contributed by atoms with E-state index in [1.54, 1.807) is 4.90 Å². The number of nitrogens with one attached hydrogen (secondary N) is 2. The number of piperazine rings is 1. The second-order valence-electron chi connectivity index (χ2n) is 5.24. The Balaban J connectivity index is 1.98. The molecule has 0 radical (unpaired) electrons. The Kier molecular flexibility index (Phi) is 3.59. The van der Waals surface area contributed by atoms with E-state index in [1.165, 1.54) is 6.08 Å². The molecule has 120 valence electrons. The third-order valence-electron chi connectivity index (χ3n) is 3.85. The van der Waals surface area contributed by atoms with E-state index in [0.717, 1.165) is 0 Å². The lowest BCUT2D eigenvalue weighted by Gasteiger charge is -2.38. The zero-order valence-corrected chi connectivity index (χ0v) is 11.5. The number of amides is 2. The Labute approximate surface area is 124 Å². The first-order chi connectivity index (χ1) is 10.4. The Bertz CT molecular complexity index is 577. The van der Waals surface area contributed by atoms with Gasteiger partial charge in [-0.25, -0.2) is 0 Å². The van der Waals surface area contributed by atoms with Gasteiger partial charge in [0.15, 0.2) is 0 Å². The molecule has 0 aromatic rings. The minimum atomic E-state index is -4.50. The lowest BCUT2D eigenvalue weighted by atomic mass is 9.92. The first-order valence-electron chi connectivity index (χ1n) is 6.83. The van der Waals surface area contributed by atoms with Crippen molar-refractivity contribution in [1.29, 1.82) is 0 Å². The van der Waals surface area contributed by atoms with Crippen LogP contribution >= 0.6 is 0 Å². The maximum atomic E-state index is 13.3.